The van der Waals surface area contributed by atoms with Crippen molar-refractivity contribution in [1.29, 1.82) is 0 Å². The number of hydrogen-bond donors (Lipinski definition) is 0. The molecular formula is C7H4N2O4S. The molecule has 1 saturated heterocycles. The number of hydrogen-bond acceptors (Lipinski definition) is 6. The number of nitro groups is 1. The molecule has 0 saturated carbocycles. The highest BCUT2D eigenvalue weighted by atomic mass is 32.2. The first-order chi connectivity index (χ1) is 6.75. The lowest BCUT2D eigenvalue weighted by atomic mass is 10.1. The fourth-order valence-corrected chi connectivity index (χ4v) is 1.91. The number of nitro benzene ring substituents is 1. The average Bonchev–Trinajstić information content (AvgIpc) is 2.95. The van der Waals surface area contributed by atoms with E-state index in [0.717, 1.165) is 12.2 Å². The van der Waals surface area contributed by atoms with Crippen LogP contribution in [0, 0.1) is 10.1 Å². The van der Waals surface area contributed by atoms with Gasteiger partial charge in [0.25, 0.3) is 5.69 Å². The molecule has 6 nitrogen and oxygen atoms in total. The first-order valence-corrected chi connectivity index (χ1v) is 4.54. The SMILES string of the molecule is O=[N+]([O-])c1ccc2c(c1)C1ON1SO2. The molecule has 1 aromatic carbocycles. The van der Waals surface area contributed by atoms with Gasteiger partial charge in [-0.05, 0) is 6.07 Å². The molecule has 0 N–H and O–H groups in total. The molecule has 2 aliphatic rings. The summed E-state index contributed by atoms with van der Waals surface area (Å²) in [5, 5.41) is 10.5. The van der Waals surface area contributed by atoms with Crippen molar-refractivity contribution >= 4 is 17.9 Å². The van der Waals surface area contributed by atoms with E-state index in [9.17, 15) is 10.1 Å². The Bertz CT molecular complexity index is 424. The van der Waals surface area contributed by atoms with E-state index in [1.807, 2.05) is 0 Å². The Labute approximate surface area is 82.8 Å². The van der Waals surface area contributed by atoms with Crippen LogP contribution in [-0.2, 0) is 4.84 Å². The van der Waals surface area contributed by atoms with Crippen molar-refractivity contribution in [2.24, 2.45) is 0 Å². The van der Waals surface area contributed by atoms with Crippen LogP contribution in [0.2, 0.25) is 0 Å². The molecule has 2 unspecified atom stereocenters. The predicted molar refractivity (Wildman–Crippen MR) is 47.0 cm³/mol. The molecule has 1 fully saturated rings. The van der Waals surface area contributed by atoms with Gasteiger partial charge in [0.1, 0.15) is 5.75 Å². The monoisotopic (exact) mass is 212 g/mol. The van der Waals surface area contributed by atoms with E-state index in [4.69, 9.17) is 9.02 Å². The minimum absolute atomic E-state index is 0.0506. The zero-order valence-electron chi connectivity index (χ0n) is 6.75. The van der Waals surface area contributed by atoms with Crippen LogP contribution < -0.4 is 4.18 Å². The Morgan fingerprint density at radius 3 is 3.21 bits per heavy atom. The number of benzene rings is 1. The molecule has 2 atom stereocenters. The standard InChI is InChI=1S/C7H4N2O4S/c10-8(11)4-1-2-6-5(3-4)7-9(12-7)14-13-6/h1-3,7H. The molecule has 2 heterocycles. The van der Waals surface area contributed by atoms with Gasteiger partial charge in [0.05, 0.1) is 10.5 Å². The summed E-state index contributed by atoms with van der Waals surface area (Å²) in [6.45, 7) is 0. The van der Waals surface area contributed by atoms with E-state index < -0.39 is 4.92 Å². The number of hydroxylamine groups is 1. The zero-order chi connectivity index (χ0) is 9.71. The summed E-state index contributed by atoms with van der Waals surface area (Å²) in [6, 6.07) is 4.47. The molecule has 0 aliphatic carbocycles. The molecule has 0 radical (unpaired) electrons. The van der Waals surface area contributed by atoms with Crippen LogP contribution in [0.3, 0.4) is 0 Å². The lowest BCUT2D eigenvalue weighted by molar-refractivity contribution is -0.384. The molecule has 0 bridgehead atoms. The third kappa shape index (κ3) is 1.07. The number of rotatable bonds is 1. The van der Waals surface area contributed by atoms with E-state index in [1.165, 1.54) is 16.6 Å². The number of fused-ring (bicyclic) bond motifs is 3. The van der Waals surface area contributed by atoms with Crippen molar-refractivity contribution in [2.45, 2.75) is 6.23 Å². The quantitative estimate of drug-likeness (QED) is 0.232. The highest BCUT2D eigenvalue weighted by Crippen LogP contribution is 2.52. The van der Waals surface area contributed by atoms with Crippen molar-refractivity contribution in [2.75, 3.05) is 0 Å². The van der Waals surface area contributed by atoms with Gasteiger partial charge < -0.3 is 4.18 Å². The Morgan fingerprint density at radius 2 is 2.43 bits per heavy atom. The summed E-state index contributed by atoms with van der Waals surface area (Å²) in [6.07, 6.45) is -0.191. The second-order valence-electron chi connectivity index (χ2n) is 2.88. The summed E-state index contributed by atoms with van der Waals surface area (Å²) in [5.74, 6) is 0.624. The van der Waals surface area contributed by atoms with Crippen molar-refractivity contribution in [3.63, 3.8) is 0 Å². The summed E-state index contributed by atoms with van der Waals surface area (Å²) in [4.78, 5) is 15.2. The minimum Gasteiger partial charge on any atom is -0.407 e. The first-order valence-electron chi connectivity index (χ1n) is 3.85. The Kier molecular flexibility index (Phi) is 1.49. The Morgan fingerprint density at radius 1 is 1.57 bits per heavy atom. The van der Waals surface area contributed by atoms with Crippen LogP contribution in [0.4, 0.5) is 5.69 Å². The molecule has 1 aromatic rings. The second-order valence-corrected chi connectivity index (χ2v) is 3.56. The van der Waals surface area contributed by atoms with Gasteiger partial charge in [-0.25, -0.2) is 0 Å². The molecule has 0 amide bonds. The van der Waals surface area contributed by atoms with E-state index >= 15 is 0 Å². The van der Waals surface area contributed by atoms with Crippen LogP contribution in [0.15, 0.2) is 18.2 Å². The Balaban J connectivity index is 2.08. The largest absolute Gasteiger partial charge is 0.407 e. The predicted octanol–water partition coefficient (Wildman–Crippen LogP) is 1.80. The fraction of sp³-hybridized carbons (Fsp3) is 0.143. The maximum atomic E-state index is 10.5. The van der Waals surface area contributed by atoms with Gasteiger partial charge in [-0.15, -0.1) is 0 Å². The number of nitrogens with zero attached hydrogens (tertiary/aromatic N) is 2. The van der Waals surface area contributed by atoms with Crippen molar-refractivity contribution in [3.05, 3.63) is 33.9 Å². The normalized spacial score (nSPS) is 27.1. The molecular weight excluding hydrogens is 208 g/mol. The van der Waals surface area contributed by atoms with Gasteiger partial charge >= 0.3 is 0 Å². The van der Waals surface area contributed by atoms with Crippen LogP contribution >= 0.6 is 12.2 Å². The first kappa shape index (κ1) is 8.04. The van der Waals surface area contributed by atoms with E-state index in [0.29, 0.717) is 11.3 Å². The molecule has 14 heavy (non-hydrogen) atoms. The van der Waals surface area contributed by atoms with Crippen LogP contribution in [0.25, 0.3) is 0 Å². The maximum absolute atomic E-state index is 10.5. The molecule has 0 aromatic heterocycles. The van der Waals surface area contributed by atoms with E-state index in [2.05, 4.69) is 0 Å². The van der Waals surface area contributed by atoms with Gasteiger partial charge in [0.15, 0.2) is 18.5 Å². The smallest absolute Gasteiger partial charge is 0.270 e. The summed E-state index contributed by atoms with van der Waals surface area (Å²) in [7, 11) is 0. The Hall–Kier alpha value is -1.31. The lowest BCUT2D eigenvalue weighted by Gasteiger charge is -2.10. The molecule has 72 valence electrons. The summed E-state index contributed by atoms with van der Waals surface area (Å²) >= 11 is 1.09. The topological polar surface area (TPSA) is 67.9 Å². The third-order valence-corrected chi connectivity index (χ3v) is 2.70. The van der Waals surface area contributed by atoms with E-state index in [1.54, 1.807) is 6.07 Å². The molecule has 3 rings (SSSR count). The van der Waals surface area contributed by atoms with Crippen LogP contribution in [-0.4, -0.2) is 9.39 Å². The van der Waals surface area contributed by atoms with Gasteiger partial charge in [-0.1, -0.05) is 4.47 Å². The van der Waals surface area contributed by atoms with E-state index in [-0.39, 0.29) is 11.9 Å². The highest BCUT2D eigenvalue weighted by Gasteiger charge is 2.46. The molecule has 2 aliphatic heterocycles. The summed E-state index contributed by atoms with van der Waals surface area (Å²) in [5.41, 5.74) is 0.757. The fourth-order valence-electron chi connectivity index (χ4n) is 1.29. The third-order valence-electron chi connectivity index (χ3n) is 2.02. The lowest BCUT2D eigenvalue weighted by Crippen LogP contribution is -2.01. The second kappa shape index (κ2) is 2.59. The maximum Gasteiger partial charge on any atom is 0.270 e. The zero-order valence-corrected chi connectivity index (χ0v) is 7.56. The van der Waals surface area contributed by atoms with Crippen molar-refractivity contribution in [3.8, 4) is 5.75 Å². The van der Waals surface area contributed by atoms with Gasteiger partial charge in [0.2, 0.25) is 0 Å². The molecule has 0 spiro atoms. The highest BCUT2D eigenvalue weighted by molar-refractivity contribution is 7.92. The number of non-ortho nitro benzene ring substituents is 1. The summed E-state index contributed by atoms with van der Waals surface area (Å²) < 4.78 is 6.74. The minimum atomic E-state index is -0.436. The van der Waals surface area contributed by atoms with Crippen LogP contribution in [0.1, 0.15) is 11.8 Å². The van der Waals surface area contributed by atoms with Gasteiger partial charge in [0, 0.05) is 12.1 Å². The van der Waals surface area contributed by atoms with Crippen LogP contribution in [0.5, 0.6) is 5.75 Å². The van der Waals surface area contributed by atoms with Gasteiger partial charge in [-0.2, -0.15) is 0 Å². The van der Waals surface area contributed by atoms with Crippen molar-refractivity contribution < 1.29 is 13.9 Å². The van der Waals surface area contributed by atoms with Gasteiger partial charge in [-0.3, -0.25) is 15.0 Å². The average molecular weight is 212 g/mol. The van der Waals surface area contributed by atoms with Crippen molar-refractivity contribution in [1.82, 2.24) is 4.47 Å². The molecule has 7 heteroatoms.